The summed E-state index contributed by atoms with van der Waals surface area (Å²) in [6.07, 6.45) is 9.78. The molecule has 45 heavy (non-hydrogen) atoms. The lowest BCUT2D eigenvalue weighted by Crippen LogP contribution is -2.47. The summed E-state index contributed by atoms with van der Waals surface area (Å²) in [4.78, 5) is 18.8. The van der Waals surface area contributed by atoms with Crippen LogP contribution in [0.2, 0.25) is 0 Å². The highest BCUT2D eigenvalue weighted by atomic mass is 16.5. The number of aliphatic imine (C=N–C) groups is 1. The molecule has 236 valence electrons. The van der Waals surface area contributed by atoms with E-state index in [4.69, 9.17) is 25.7 Å². The van der Waals surface area contributed by atoms with E-state index in [0.717, 1.165) is 110 Å². The molecule has 3 N–H and O–H groups in total. The molecule has 0 radical (unpaired) electrons. The third kappa shape index (κ3) is 7.14. The molecule has 1 aromatic carbocycles. The minimum atomic E-state index is 0.535. The number of aromatic nitrogens is 6. The third-order valence-electron chi connectivity index (χ3n) is 8.65. The number of nitrogens with two attached hydrogens (primary N) is 1. The molecule has 4 heterocycles. The quantitative estimate of drug-likeness (QED) is 0.233. The van der Waals surface area contributed by atoms with Crippen LogP contribution in [0.3, 0.4) is 0 Å². The van der Waals surface area contributed by atoms with Crippen LogP contribution in [0.1, 0.15) is 28.1 Å². The van der Waals surface area contributed by atoms with Crippen LogP contribution in [0.25, 0.3) is 16.8 Å². The maximum Gasteiger partial charge on any atom is 0.228 e. The summed E-state index contributed by atoms with van der Waals surface area (Å²) in [5.74, 6) is 1.27. The lowest BCUT2D eigenvalue weighted by molar-refractivity contribution is 0.0948. The first-order valence-electron chi connectivity index (χ1n) is 15.6. The molecule has 6 rings (SSSR count). The maximum absolute atomic E-state index is 5.88. The average molecular weight is 610 g/mol. The van der Waals surface area contributed by atoms with Crippen molar-refractivity contribution in [1.82, 2.24) is 39.3 Å². The van der Waals surface area contributed by atoms with Gasteiger partial charge < -0.3 is 15.8 Å². The van der Waals surface area contributed by atoms with Crippen LogP contribution < -0.4 is 11.1 Å². The Labute approximate surface area is 264 Å². The number of nitrogens with one attached hydrogen (secondary N) is 1. The Morgan fingerprint density at radius 2 is 1.89 bits per heavy atom. The number of allylic oxidation sites excluding steroid dienone is 1. The van der Waals surface area contributed by atoms with Crippen LogP contribution in [0.4, 0.5) is 11.8 Å². The molecule has 12 nitrogen and oxygen atoms in total. The number of nitrogens with zero attached hydrogens (tertiary/aromatic N) is 9. The van der Waals surface area contributed by atoms with Crippen molar-refractivity contribution >= 4 is 23.6 Å². The van der Waals surface area contributed by atoms with E-state index in [1.54, 1.807) is 26.6 Å². The number of hydrogen-bond acceptors (Lipinski definition) is 10. The minimum Gasteiger partial charge on any atom is -0.404 e. The van der Waals surface area contributed by atoms with Crippen LogP contribution >= 0.6 is 0 Å². The molecule has 1 fully saturated rings. The molecule has 1 saturated heterocycles. The highest BCUT2D eigenvalue weighted by molar-refractivity contribution is 6.09. The van der Waals surface area contributed by atoms with Crippen LogP contribution in [0, 0.1) is 0 Å². The van der Waals surface area contributed by atoms with Gasteiger partial charge in [0.2, 0.25) is 5.95 Å². The molecule has 3 aromatic heterocycles. The summed E-state index contributed by atoms with van der Waals surface area (Å²) in [6, 6.07) is 10.4. The van der Waals surface area contributed by atoms with Crippen molar-refractivity contribution in [2.75, 3.05) is 65.3 Å². The number of methoxy groups -OCH3 is 1. The van der Waals surface area contributed by atoms with Crippen molar-refractivity contribution in [1.29, 1.82) is 0 Å². The number of fused-ring (bicyclic) bond motifs is 3. The second kappa shape index (κ2) is 14.1. The van der Waals surface area contributed by atoms with Gasteiger partial charge in [0.1, 0.15) is 0 Å². The zero-order valence-electron chi connectivity index (χ0n) is 26.5. The molecule has 4 aromatic rings. The molecule has 0 saturated carbocycles. The van der Waals surface area contributed by atoms with E-state index in [1.807, 2.05) is 34.9 Å². The molecule has 0 bridgehead atoms. The van der Waals surface area contributed by atoms with Gasteiger partial charge in [0, 0.05) is 109 Å². The highest BCUT2D eigenvalue weighted by Gasteiger charge is 2.26. The van der Waals surface area contributed by atoms with E-state index in [2.05, 4.69) is 49.4 Å². The number of aryl methyl sites for hydroxylation is 3. The second-order valence-electron chi connectivity index (χ2n) is 11.6. The van der Waals surface area contributed by atoms with Gasteiger partial charge in [-0.1, -0.05) is 24.3 Å². The maximum atomic E-state index is 5.88. The molecular weight excluding hydrogens is 566 g/mol. The van der Waals surface area contributed by atoms with E-state index >= 15 is 0 Å². The van der Waals surface area contributed by atoms with Gasteiger partial charge in [0.05, 0.1) is 30.2 Å². The van der Waals surface area contributed by atoms with Crippen molar-refractivity contribution in [3.63, 3.8) is 0 Å². The van der Waals surface area contributed by atoms with Gasteiger partial charge in [-0.15, -0.1) is 0 Å². The van der Waals surface area contributed by atoms with Crippen LogP contribution in [-0.4, -0.2) is 106 Å². The van der Waals surface area contributed by atoms with Gasteiger partial charge in [0.25, 0.3) is 0 Å². The third-order valence-corrected chi connectivity index (χ3v) is 8.65. The Hall–Kier alpha value is -4.39. The topological polar surface area (TPSA) is 128 Å². The zero-order chi connectivity index (χ0) is 31.2. The van der Waals surface area contributed by atoms with Crippen LogP contribution in [0.5, 0.6) is 0 Å². The van der Waals surface area contributed by atoms with Crippen LogP contribution in [0.15, 0.2) is 53.9 Å². The van der Waals surface area contributed by atoms with Gasteiger partial charge in [-0.25, -0.2) is 9.97 Å². The fourth-order valence-electron chi connectivity index (χ4n) is 6.17. The van der Waals surface area contributed by atoms with Crippen molar-refractivity contribution in [2.24, 2.45) is 17.8 Å². The molecular formula is C33H43N11O. The fraction of sp³-hybridized carbons (Fsp3) is 0.424. The molecule has 1 aliphatic heterocycles. The van der Waals surface area contributed by atoms with Gasteiger partial charge in [-0.05, 0) is 29.5 Å². The summed E-state index contributed by atoms with van der Waals surface area (Å²) in [6.45, 7) is 7.91. The first kappa shape index (κ1) is 30.6. The smallest absolute Gasteiger partial charge is 0.228 e. The predicted octanol–water partition coefficient (Wildman–Crippen LogP) is 2.77. The van der Waals surface area contributed by atoms with Crippen molar-refractivity contribution < 1.29 is 4.74 Å². The Kier molecular flexibility index (Phi) is 9.63. The summed E-state index contributed by atoms with van der Waals surface area (Å²) in [5, 5.41) is 13.0. The van der Waals surface area contributed by atoms with E-state index in [0.29, 0.717) is 12.4 Å². The van der Waals surface area contributed by atoms with E-state index in [-0.39, 0.29) is 0 Å². The molecule has 0 unspecified atom stereocenters. The van der Waals surface area contributed by atoms with Gasteiger partial charge in [0.15, 0.2) is 5.82 Å². The van der Waals surface area contributed by atoms with E-state index in [1.165, 1.54) is 5.56 Å². The Morgan fingerprint density at radius 1 is 1.07 bits per heavy atom. The highest BCUT2D eigenvalue weighted by Crippen LogP contribution is 2.36. The zero-order valence-corrected chi connectivity index (χ0v) is 26.5. The molecule has 1 aliphatic carbocycles. The molecule has 12 heteroatoms. The first-order chi connectivity index (χ1) is 22.0. The van der Waals surface area contributed by atoms with Gasteiger partial charge in [-0.2, -0.15) is 10.2 Å². The monoisotopic (exact) mass is 609 g/mol. The first-order valence-corrected chi connectivity index (χ1v) is 15.6. The number of hydrogen-bond donors (Lipinski definition) is 2. The number of piperazine rings is 1. The largest absolute Gasteiger partial charge is 0.404 e. The predicted molar refractivity (Wildman–Crippen MR) is 178 cm³/mol. The van der Waals surface area contributed by atoms with E-state index < -0.39 is 0 Å². The van der Waals surface area contributed by atoms with Gasteiger partial charge in [-0.3, -0.25) is 24.2 Å². The number of rotatable bonds is 12. The second-order valence-corrected chi connectivity index (χ2v) is 11.6. The van der Waals surface area contributed by atoms with Crippen molar-refractivity contribution in [2.45, 2.75) is 25.8 Å². The summed E-state index contributed by atoms with van der Waals surface area (Å²) < 4.78 is 9.20. The molecule has 0 amide bonds. The van der Waals surface area contributed by atoms with Gasteiger partial charge >= 0.3 is 0 Å². The summed E-state index contributed by atoms with van der Waals surface area (Å²) >= 11 is 0. The SMILES string of the molecule is CN=C/C(=C\N)c1cccc(Cc2c3c(nn2C)CCc2cnc(Nc4ccn(CCN5CCN(CCOC)CC5)n4)nc2-3)c1. The molecule has 2 aliphatic rings. The normalized spacial score (nSPS) is 15.8. The lowest BCUT2D eigenvalue weighted by Gasteiger charge is -2.34. The minimum absolute atomic E-state index is 0.535. The Bertz CT molecular complexity index is 1660. The Balaban J connectivity index is 1.14. The summed E-state index contributed by atoms with van der Waals surface area (Å²) in [7, 11) is 5.52. The molecule has 0 spiro atoms. The van der Waals surface area contributed by atoms with Crippen LogP contribution in [-0.2, 0) is 37.6 Å². The van der Waals surface area contributed by atoms with E-state index in [9.17, 15) is 0 Å². The lowest BCUT2D eigenvalue weighted by atomic mass is 9.91. The molecule has 0 atom stereocenters. The fourth-order valence-corrected chi connectivity index (χ4v) is 6.17. The standard InChI is InChI=1S/C33H43N11O/c1-35-22-27(21-34)25-6-4-5-24(19-25)20-29-31-28(39-41(29)2)8-7-26-23-36-33(38-32(26)31)37-30-9-10-44(40-30)16-15-42-11-13-43(14-12-42)17-18-45-3/h4-6,9-10,19,21-23H,7-8,11-18,20,34H2,1-3H3,(H,36,37,38,40)/b27-21+,35-22?. The number of anilines is 2. The number of ether oxygens (including phenoxy) is 1. The van der Waals surface area contributed by atoms with Crippen molar-refractivity contribution in [3.8, 4) is 11.3 Å². The number of benzene rings is 1. The Morgan fingerprint density at radius 3 is 2.67 bits per heavy atom. The summed E-state index contributed by atoms with van der Waals surface area (Å²) in [5.41, 5.74) is 14.3. The average Bonchev–Trinajstić information content (AvgIpc) is 3.65. The van der Waals surface area contributed by atoms with Crippen molar-refractivity contribution in [3.05, 3.63) is 77.0 Å².